The molecular weight excluding hydrogens is 332 g/mol. The van der Waals surface area contributed by atoms with Gasteiger partial charge in [-0.1, -0.05) is 71.1 Å². The van der Waals surface area contributed by atoms with Gasteiger partial charge < -0.3 is 19.7 Å². The number of ether oxygens (including phenoxy) is 2. The third-order valence-electron chi connectivity index (χ3n) is 5.14. The fourth-order valence-corrected chi connectivity index (χ4v) is 3.29. The molecule has 1 heterocycles. The highest BCUT2D eigenvalue weighted by atomic mass is 16.6. The van der Waals surface area contributed by atoms with Crippen LogP contribution < -0.4 is 0 Å². The zero-order chi connectivity index (χ0) is 19.2. The van der Waals surface area contributed by atoms with Crippen molar-refractivity contribution in [2.75, 3.05) is 0 Å². The van der Waals surface area contributed by atoms with Crippen LogP contribution in [0.15, 0.2) is 0 Å². The topological polar surface area (TPSA) is 79.3 Å². The average Bonchev–Trinajstić information content (AvgIpc) is 3.35. The molecule has 1 fully saturated rings. The number of hydrogen-bond acceptors (Lipinski definition) is 5. The third-order valence-corrected chi connectivity index (χ3v) is 5.14. The van der Waals surface area contributed by atoms with Crippen molar-refractivity contribution in [2.45, 2.75) is 128 Å². The quantitative estimate of drug-likeness (QED) is 0.170. The molecule has 0 aromatic rings. The van der Waals surface area contributed by atoms with Gasteiger partial charge in [0.05, 0.1) is 12.2 Å². The van der Waals surface area contributed by atoms with Gasteiger partial charge in [0.2, 0.25) is 0 Å². The maximum absolute atomic E-state index is 11.5. The summed E-state index contributed by atoms with van der Waals surface area (Å²) in [6.45, 7) is 3.73. The molecular formula is C21H40O5. The van der Waals surface area contributed by atoms with Gasteiger partial charge in [-0.05, 0) is 26.2 Å². The minimum Gasteiger partial charge on any atom is -0.457 e. The van der Waals surface area contributed by atoms with Crippen LogP contribution in [0.5, 0.6) is 0 Å². The van der Waals surface area contributed by atoms with E-state index in [0.29, 0.717) is 18.6 Å². The molecule has 0 aliphatic carbocycles. The van der Waals surface area contributed by atoms with Gasteiger partial charge in [-0.2, -0.15) is 0 Å². The van der Waals surface area contributed by atoms with E-state index < -0.39 is 12.4 Å². The monoisotopic (exact) mass is 372 g/mol. The van der Waals surface area contributed by atoms with Crippen LogP contribution in [0, 0.1) is 0 Å². The van der Waals surface area contributed by atoms with Gasteiger partial charge in [0.25, 0.3) is 0 Å². The smallest absolute Gasteiger partial charge is 0.306 e. The van der Waals surface area contributed by atoms with E-state index in [1.165, 1.54) is 71.1 Å². The maximum Gasteiger partial charge on any atom is 0.306 e. The second kappa shape index (κ2) is 14.4. The molecule has 3 atom stereocenters. The number of aliphatic hydroxyl groups excluding tert-OH is 1. The molecule has 2 N–H and O–H groups in total. The SMILES string of the molecule is CCCCCCCCC1OC1CCCCCCCC(=O)OC(C)C(O)O. The van der Waals surface area contributed by atoms with Crippen molar-refractivity contribution in [1.29, 1.82) is 0 Å². The van der Waals surface area contributed by atoms with Crippen molar-refractivity contribution >= 4 is 5.97 Å². The number of esters is 1. The van der Waals surface area contributed by atoms with E-state index >= 15 is 0 Å². The fraction of sp³-hybridized carbons (Fsp3) is 0.952. The first-order valence-corrected chi connectivity index (χ1v) is 10.8. The highest BCUT2D eigenvalue weighted by Gasteiger charge is 2.36. The van der Waals surface area contributed by atoms with Gasteiger partial charge in [0.15, 0.2) is 6.29 Å². The van der Waals surface area contributed by atoms with Gasteiger partial charge >= 0.3 is 5.97 Å². The van der Waals surface area contributed by atoms with Crippen molar-refractivity contribution in [3.05, 3.63) is 0 Å². The van der Waals surface area contributed by atoms with Crippen LogP contribution in [0.3, 0.4) is 0 Å². The number of hydrogen-bond donors (Lipinski definition) is 2. The van der Waals surface area contributed by atoms with E-state index in [0.717, 1.165) is 19.3 Å². The molecule has 5 nitrogen and oxygen atoms in total. The molecule has 3 unspecified atom stereocenters. The summed E-state index contributed by atoms with van der Waals surface area (Å²) in [5, 5.41) is 17.7. The molecule has 0 saturated carbocycles. The lowest BCUT2D eigenvalue weighted by Crippen LogP contribution is -2.27. The second-order valence-electron chi connectivity index (χ2n) is 7.68. The third kappa shape index (κ3) is 11.9. The van der Waals surface area contributed by atoms with Gasteiger partial charge in [-0.15, -0.1) is 0 Å². The van der Waals surface area contributed by atoms with E-state index in [1.54, 1.807) is 0 Å². The summed E-state index contributed by atoms with van der Waals surface area (Å²) in [7, 11) is 0. The molecule has 1 rings (SSSR count). The van der Waals surface area contributed by atoms with Gasteiger partial charge in [0.1, 0.15) is 6.10 Å². The summed E-state index contributed by atoms with van der Waals surface area (Å²) < 4.78 is 10.7. The number of unbranched alkanes of at least 4 members (excludes halogenated alkanes) is 9. The Morgan fingerprint density at radius 1 is 0.885 bits per heavy atom. The van der Waals surface area contributed by atoms with Crippen molar-refractivity contribution in [2.24, 2.45) is 0 Å². The van der Waals surface area contributed by atoms with Gasteiger partial charge in [0, 0.05) is 6.42 Å². The lowest BCUT2D eigenvalue weighted by Gasteiger charge is -2.14. The predicted octanol–water partition coefficient (Wildman–Crippen LogP) is 4.48. The number of aliphatic hydroxyl groups is 2. The first-order chi connectivity index (χ1) is 12.5. The number of epoxide rings is 1. The van der Waals surface area contributed by atoms with Gasteiger partial charge in [-0.25, -0.2) is 0 Å². The molecule has 1 saturated heterocycles. The van der Waals surface area contributed by atoms with Crippen LogP contribution in [-0.2, 0) is 14.3 Å². The summed E-state index contributed by atoms with van der Waals surface area (Å²) >= 11 is 0. The van der Waals surface area contributed by atoms with E-state index in [2.05, 4.69) is 6.92 Å². The number of rotatable bonds is 17. The molecule has 1 aliphatic heterocycles. The minimum absolute atomic E-state index is 0.350. The van der Waals surface area contributed by atoms with E-state index in [-0.39, 0.29) is 5.97 Å². The summed E-state index contributed by atoms with van der Waals surface area (Å²) in [5.74, 6) is -0.352. The summed E-state index contributed by atoms with van der Waals surface area (Å²) in [5.41, 5.74) is 0. The summed E-state index contributed by atoms with van der Waals surface area (Å²) in [6.07, 6.45) is 14.8. The molecule has 0 radical (unpaired) electrons. The largest absolute Gasteiger partial charge is 0.457 e. The Hall–Kier alpha value is -0.650. The predicted molar refractivity (Wildman–Crippen MR) is 103 cm³/mol. The Kier molecular flexibility index (Phi) is 13.0. The van der Waals surface area contributed by atoms with Gasteiger partial charge in [-0.3, -0.25) is 4.79 Å². The lowest BCUT2D eigenvalue weighted by atomic mass is 10.0. The highest BCUT2D eigenvalue weighted by molar-refractivity contribution is 5.69. The second-order valence-corrected chi connectivity index (χ2v) is 7.68. The maximum atomic E-state index is 11.5. The molecule has 0 amide bonds. The Labute approximate surface area is 159 Å². The molecule has 154 valence electrons. The van der Waals surface area contributed by atoms with Crippen LogP contribution >= 0.6 is 0 Å². The van der Waals surface area contributed by atoms with Crippen molar-refractivity contribution < 1.29 is 24.5 Å². The zero-order valence-corrected chi connectivity index (χ0v) is 16.8. The molecule has 1 aliphatic rings. The first kappa shape index (κ1) is 23.4. The van der Waals surface area contributed by atoms with Crippen LogP contribution in [-0.4, -0.2) is 40.8 Å². The average molecular weight is 373 g/mol. The number of carbonyl (C=O) groups is 1. The molecule has 0 aromatic heterocycles. The number of carbonyl (C=O) groups excluding carboxylic acids is 1. The van der Waals surface area contributed by atoms with Crippen molar-refractivity contribution in [3.8, 4) is 0 Å². The van der Waals surface area contributed by atoms with Crippen molar-refractivity contribution in [3.63, 3.8) is 0 Å². The van der Waals surface area contributed by atoms with Crippen LogP contribution in [0.2, 0.25) is 0 Å². The summed E-state index contributed by atoms with van der Waals surface area (Å²) in [6, 6.07) is 0. The van der Waals surface area contributed by atoms with E-state index in [1.807, 2.05) is 0 Å². The fourth-order valence-electron chi connectivity index (χ4n) is 3.29. The van der Waals surface area contributed by atoms with Crippen LogP contribution in [0.25, 0.3) is 0 Å². The highest BCUT2D eigenvalue weighted by Crippen LogP contribution is 2.31. The Bertz CT molecular complexity index is 358. The molecule has 0 bridgehead atoms. The summed E-state index contributed by atoms with van der Waals surface area (Å²) in [4.78, 5) is 11.5. The van der Waals surface area contributed by atoms with Crippen molar-refractivity contribution in [1.82, 2.24) is 0 Å². The van der Waals surface area contributed by atoms with E-state index in [9.17, 15) is 4.79 Å². The lowest BCUT2D eigenvalue weighted by molar-refractivity contribution is -0.172. The standard InChI is InChI=1S/C21H40O5/c1-3-4-5-6-8-11-14-18-19(26-18)15-12-9-7-10-13-16-20(22)25-17(2)21(23)24/h17-19,21,23-24H,3-16H2,1-2H3. The Morgan fingerprint density at radius 2 is 1.38 bits per heavy atom. The first-order valence-electron chi connectivity index (χ1n) is 10.8. The Morgan fingerprint density at radius 3 is 1.92 bits per heavy atom. The molecule has 26 heavy (non-hydrogen) atoms. The Balaban J connectivity index is 1.82. The minimum atomic E-state index is -1.60. The van der Waals surface area contributed by atoms with E-state index in [4.69, 9.17) is 19.7 Å². The molecule has 0 spiro atoms. The van der Waals surface area contributed by atoms with Crippen LogP contribution in [0.1, 0.15) is 104 Å². The molecule has 0 aromatic carbocycles. The normalized spacial score (nSPS) is 20.3. The van der Waals surface area contributed by atoms with Crippen LogP contribution in [0.4, 0.5) is 0 Å². The molecule has 5 heteroatoms. The zero-order valence-electron chi connectivity index (χ0n) is 16.8.